The fraction of sp³-hybridized carbons (Fsp3) is 0.519. The summed E-state index contributed by atoms with van der Waals surface area (Å²) in [5.74, 6) is 2.39. The van der Waals surface area contributed by atoms with Gasteiger partial charge in [0.1, 0.15) is 0 Å². The zero-order chi connectivity index (χ0) is 49.3. The third-order valence-electron chi connectivity index (χ3n) is 12.5. The number of nitrogens with zero attached hydrogens (tertiary/aromatic N) is 4. The first-order valence-corrected chi connectivity index (χ1v) is 27.6. The van der Waals surface area contributed by atoms with Gasteiger partial charge < -0.3 is 15.3 Å². The van der Waals surface area contributed by atoms with Gasteiger partial charge in [-0.3, -0.25) is 28.2 Å². The van der Waals surface area contributed by atoms with Gasteiger partial charge in [-0.25, -0.2) is 0 Å². The summed E-state index contributed by atoms with van der Waals surface area (Å²) >= 11 is 0. The van der Waals surface area contributed by atoms with Crippen molar-refractivity contribution in [3.63, 3.8) is 0 Å². The van der Waals surface area contributed by atoms with Gasteiger partial charge >= 0.3 is 20.8 Å². The first-order valence-electron chi connectivity index (χ1n) is 24.8. The molecule has 2 aliphatic heterocycles. The van der Waals surface area contributed by atoms with Gasteiger partial charge in [-0.05, 0) is 72.6 Å². The molecule has 15 heteroatoms. The highest BCUT2D eigenvalue weighted by Gasteiger charge is 2.29. The van der Waals surface area contributed by atoms with Crippen molar-refractivity contribution in [3.05, 3.63) is 144 Å². The second-order valence-electron chi connectivity index (χ2n) is 17.8. The maximum atomic E-state index is 8.74. The Bertz CT molecular complexity index is 1890. The van der Waals surface area contributed by atoms with Gasteiger partial charge in [0.15, 0.2) is 0 Å². The summed E-state index contributed by atoms with van der Waals surface area (Å²) in [5, 5.41) is 0. The molecule has 6 N–H and O–H groups in total. The first-order chi connectivity index (χ1) is 32.8. The quantitative estimate of drug-likeness (QED) is 0.0253. The number of hydrogen-bond acceptors (Lipinski definition) is 6. The van der Waals surface area contributed by atoms with Crippen LogP contribution in [0.1, 0.15) is 151 Å². The summed E-state index contributed by atoms with van der Waals surface area (Å²) < 4.78 is 63.2. The lowest BCUT2D eigenvalue weighted by Gasteiger charge is -2.36. The first kappa shape index (κ1) is 60.6. The van der Waals surface area contributed by atoms with Gasteiger partial charge in [-0.15, -0.1) is 0 Å². The van der Waals surface area contributed by atoms with E-state index >= 15 is 0 Å². The molecule has 0 amide bonds. The van der Waals surface area contributed by atoms with Gasteiger partial charge in [-0.1, -0.05) is 199 Å². The van der Waals surface area contributed by atoms with E-state index in [1.807, 2.05) is 0 Å². The predicted octanol–water partition coefficient (Wildman–Crippen LogP) is 11.7. The second kappa shape index (κ2) is 35.6. The maximum Gasteiger partial charge on any atom is 0.394 e. The molecule has 69 heavy (non-hydrogen) atoms. The third-order valence-corrected chi connectivity index (χ3v) is 12.5. The summed E-state index contributed by atoms with van der Waals surface area (Å²) in [7, 11) is -9.33. The van der Waals surface area contributed by atoms with E-state index in [1.165, 1.54) is 125 Å². The Hall–Kier alpha value is -4.48. The van der Waals surface area contributed by atoms with Gasteiger partial charge in [0.25, 0.3) is 0 Å². The van der Waals surface area contributed by atoms with Crippen LogP contribution in [0.25, 0.3) is 0 Å². The van der Waals surface area contributed by atoms with E-state index in [0.29, 0.717) is 23.7 Å². The van der Waals surface area contributed by atoms with Crippen molar-refractivity contribution < 1.29 is 40.5 Å². The normalized spacial score (nSPS) is 14.7. The van der Waals surface area contributed by atoms with Crippen LogP contribution in [0, 0.1) is 11.8 Å². The zero-order valence-electron chi connectivity index (χ0n) is 41.1. The number of aliphatic imine (C=N–C) groups is 2. The van der Waals surface area contributed by atoms with E-state index in [9.17, 15) is 0 Å². The molecule has 0 spiro atoms. The van der Waals surface area contributed by atoms with E-state index in [4.69, 9.17) is 45.0 Å². The SMILES string of the molecule is CCCCCCCCN=CN1CCC(C(c2ccccc2)c2ccccc2)CC1.CCCCCCCCN=CN1CCC(C(c2ccccc2)c2ccccc2)CC1.O.O=S(=O)(O)O.O=S(=O)(O)O. The van der Waals surface area contributed by atoms with Gasteiger partial charge in [-0.2, -0.15) is 16.8 Å². The highest BCUT2D eigenvalue weighted by atomic mass is 32.3. The number of benzene rings is 4. The van der Waals surface area contributed by atoms with Crippen LogP contribution in [0.5, 0.6) is 0 Å². The Balaban J connectivity index is 0.000000391. The third kappa shape index (κ3) is 28.7. The van der Waals surface area contributed by atoms with Crippen molar-refractivity contribution in [2.75, 3.05) is 39.3 Å². The summed E-state index contributed by atoms with van der Waals surface area (Å²) in [6, 6.07) is 44.3. The highest BCUT2D eigenvalue weighted by molar-refractivity contribution is 7.80. The van der Waals surface area contributed by atoms with E-state index in [-0.39, 0.29) is 5.48 Å². The number of unbranched alkanes of at least 4 members (excludes halogenated alkanes) is 10. The minimum Gasteiger partial charge on any atom is -0.412 e. The van der Waals surface area contributed by atoms with E-state index in [0.717, 1.165) is 39.3 Å². The van der Waals surface area contributed by atoms with Crippen LogP contribution in [0.15, 0.2) is 131 Å². The molecule has 0 aromatic heterocycles. The van der Waals surface area contributed by atoms with Crippen LogP contribution in [0.2, 0.25) is 0 Å². The van der Waals surface area contributed by atoms with Gasteiger partial charge in [0.2, 0.25) is 0 Å². The second-order valence-corrected chi connectivity index (χ2v) is 19.6. The van der Waals surface area contributed by atoms with Crippen molar-refractivity contribution in [2.24, 2.45) is 21.8 Å². The van der Waals surface area contributed by atoms with Crippen LogP contribution < -0.4 is 0 Å². The molecule has 0 atom stereocenters. The molecule has 2 saturated heterocycles. The molecular formula is C54H82N4O9S2. The summed E-state index contributed by atoms with van der Waals surface area (Å²) in [6.07, 6.45) is 25.2. The number of hydrogen-bond donors (Lipinski definition) is 4. The summed E-state index contributed by atoms with van der Waals surface area (Å²) in [6.45, 7) is 11.0. The molecule has 2 heterocycles. The van der Waals surface area contributed by atoms with Crippen molar-refractivity contribution >= 4 is 33.5 Å². The standard InChI is InChI=1S/2C27H38N2.2H2O4S.H2O/c2*1-2-3-4-5-6-13-20-28-23-29-21-18-26(19-22-29)27(24-14-9-7-10-15-24)25-16-11-8-12-17-25;2*1-5(2,3)4;/h2*7-12,14-17,23,26-27H,2-6,13,18-22H2,1H3;2*(H2,1,2,3,4);1H2. The van der Waals surface area contributed by atoms with Gasteiger partial charge in [0, 0.05) is 51.1 Å². The molecule has 2 aliphatic rings. The van der Waals surface area contributed by atoms with Crippen LogP contribution in [0.3, 0.4) is 0 Å². The Kier molecular flexibility index (Phi) is 31.3. The summed E-state index contributed by atoms with van der Waals surface area (Å²) in [4.78, 5) is 14.3. The Morgan fingerprint density at radius 1 is 0.449 bits per heavy atom. The average Bonchev–Trinajstić information content (AvgIpc) is 3.32. The molecule has 4 aromatic carbocycles. The van der Waals surface area contributed by atoms with Crippen molar-refractivity contribution in [1.82, 2.24) is 9.80 Å². The predicted molar refractivity (Wildman–Crippen MR) is 283 cm³/mol. The van der Waals surface area contributed by atoms with Crippen LogP contribution in [0.4, 0.5) is 0 Å². The largest absolute Gasteiger partial charge is 0.412 e. The molecular weight excluding hydrogens is 913 g/mol. The fourth-order valence-electron chi connectivity index (χ4n) is 9.16. The lowest BCUT2D eigenvalue weighted by molar-refractivity contribution is 0.254. The molecule has 4 aromatic rings. The molecule has 6 rings (SSSR count). The van der Waals surface area contributed by atoms with E-state index in [2.05, 4.69) is 158 Å². The van der Waals surface area contributed by atoms with Crippen molar-refractivity contribution in [2.45, 2.75) is 128 Å². The monoisotopic (exact) mass is 995 g/mol. The number of piperidine rings is 2. The van der Waals surface area contributed by atoms with Crippen molar-refractivity contribution in [3.8, 4) is 0 Å². The van der Waals surface area contributed by atoms with Crippen molar-refractivity contribution in [1.29, 1.82) is 0 Å². The molecule has 2 fully saturated rings. The highest BCUT2D eigenvalue weighted by Crippen LogP contribution is 2.39. The average molecular weight is 995 g/mol. The van der Waals surface area contributed by atoms with E-state index in [1.54, 1.807) is 0 Å². The number of likely N-dealkylation sites (tertiary alicyclic amines) is 2. The smallest absolute Gasteiger partial charge is 0.394 e. The maximum absolute atomic E-state index is 8.74. The number of rotatable bonds is 22. The minimum absolute atomic E-state index is 0. The van der Waals surface area contributed by atoms with Gasteiger partial charge in [0.05, 0.1) is 12.7 Å². The Labute approximate surface area is 415 Å². The molecule has 0 aliphatic carbocycles. The topological polar surface area (TPSA) is 212 Å². The minimum atomic E-state index is -4.67. The Morgan fingerprint density at radius 2 is 0.681 bits per heavy atom. The van der Waals surface area contributed by atoms with E-state index < -0.39 is 20.8 Å². The molecule has 0 saturated carbocycles. The Morgan fingerprint density at radius 3 is 0.928 bits per heavy atom. The lowest BCUT2D eigenvalue weighted by atomic mass is 9.76. The van der Waals surface area contributed by atoms with Crippen LogP contribution >= 0.6 is 0 Å². The molecule has 0 unspecified atom stereocenters. The fourth-order valence-corrected chi connectivity index (χ4v) is 9.16. The summed E-state index contributed by atoms with van der Waals surface area (Å²) in [5.41, 5.74) is 5.81. The lowest BCUT2D eigenvalue weighted by Crippen LogP contribution is -2.35. The zero-order valence-corrected chi connectivity index (χ0v) is 42.7. The van der Waals surface area contributed by atoms with Crippen LogP contribution in [-0.2, 0) is 20.8 Å². The molecule has 0 radical (unpaired) electrons. The van der Waals surface area contributed by atoms with Crippen LogP contribution in [-0.4, -0.2) is 102 Å². The molecule has 13 nitrogen and oxygen atoms in total. The molecule has 384 valence electrons. The molecule has 0 bridgehead atoms.